The van der Waals surface area contributed by atoms with Gasteiger partial charge >= 0.3 is 0 Å². The third-order valence-corrected chi connectivity index (χ3v) is 4.09. The van der Waals surface area contributed by atoms with Crippen LogP contribution < -0.4 is 5.73 Å². The third-order valence-electron chi connectivity index (χ3n) is 4.09. The van der Waals surface area contributed by atoms with E-state index in [1.165, 1.54) is 6.07 Å². The molecule has 1 aromatic carbocycles. The van der Waals surface area contributed by atoms with Gasteiger partial charge in [-0.2, -0.15) is 4.98 Å². The highest BCUT2D eigenvalue weighted by Crippen LogP contribution is 2.35. The lowest BCUT2D eigenvalue weighted by Gasteiger charge is -2.24. The van der Waals surface area contributed by atoms with E-state index in [9.17, 15) is 4.39 Å². The van der Waals surface area contributed by atoms with Gasteiger partial charge in [0.15, 0.2) is 0 Å². The summed E-state index contributed by atoms with van der Waals surface area (Å²) in [5.74, 6) is 1.52. The Kier molecular flexibility index (Phi) is 3.78. The fourth-order valence-electron chi connectivity index (χ4n) is 2.80. The van der Waals surface area contributed by atoms with E-state index in [1.54, 1.807) is 18.2 Å². The summed E-state index contributed by atoms with van der Waals surface area (Å²) in [6.07, 6.45) is 4.22. The molecule has 5 heteroatoms. The maximum atomic E-state index is 13.7. The minimum atomic E-state index is -0.327. The minimum Gasteiger partial charge on any atom is -0.339 e. The first-order chi connectivity index (χ1) is 9.78. The molecule has 0 amide bonds. The summed E-state index contributed by atoms with van der Waals surface area (Å²) in [7, 11) is 0. The van der Waals surface area contributed by atoms with Gasteiger partial charge < -0.3 is 10.3 Å². The van der Waals surface area contributed by atoms with Crippen LogP contribution in [0.5, 0.6) is 0 Å². The van der Waals surface area contributed by atoms with Gasteiger partial charge in [-0.25, -0.2) is 4.39 Å². The van der Waals surface area contributed by atoms with Crippen LogP contribution in [0.3, 0.4) is 0 Å². The predicted molar refractivity (Wildman–Crippen MR) is 73.4 cm³/mol. The van der Waals surface area contributed by atoms with E-state index in [1.807, 2.05) is 0 Å². The molecule has 1 aliphatic rings. The van der Waals surface area contributed by atoms with Crippen LogP contribution in [0.15, 0.2) is 28.8 Å². The second-order valence-electron chi connectivity index (χ2n) is 5.39. The standard InChI is InChI=1S/C15H18FN3O/c16-13-4-2-1-3-12(13)14-18-15(20-19-14)11-7-5-10(9-17)6-8-11/h1-4,10-11H,5-9,17H2. The largest absolute Gasteiger partial charge is 0.339 e. The van der Waals surface area contributed by atoms with Gasteiger partial charge in [0.1, 0.15) is 5.82 Å². The van der Waals surface area contributed by atoms with E-state index in [0.29, 0.717) is 23.2 Å². The summed E-state index contributed by atoms with van der Waals surface area (Å²) in [5, 5.41) is 3.91. The fraction of sp³-hybridized carbons (Fsp3) is 0.467. The Bertz CT molecular complexity index is 576. The summed E-state index contributed by atoms with van der Waals surface area (Å²) < 4.78 is 19.0. The first kappa shape index (κ1) is 13.2. The number of aromatic nitrogens is 2. The molecule has 1 heterocycles. The van der Waals surface area contributed by atoms with Crippen molar-refractivity contribution in [3.05, 3.63) is 36.0 Å². The van der Waals surface area contributed by atoms with E-state index in [4.69, 9.17) is 10.3 Å². The molecule has 2 aromatic rings. The van der Waals surface area contributed by atoms with Crippen molar-refractivity contribution in [2.45, 2.75) is 31.6 Å². The smallest absolute Gasteiger partial charge is 0.230 e. The molecule has 0 atom stereocenters. The fourth-order valence-corrected chi connectivity index (χ4v) is 2.80. The van der Waals surface area contributed by atoms with Crippen LogP contribution in [-0.4, -0.2) is 16.7 Å². The van der Waals surface area contributed by atoms with Gasteiger partial charge in [0, 0.05) is 5.92 Å². The molecule has 0 saturated heterocycles. The number of nitrogens with two attached hydrogens (primary N) is 1. The van der Waals surface area contributed by atoms with Gasteiger partial charge in [0.25, 0.3) is 0 Å². The number of rotatable bonds is 3. The van der Waals surface area contributed by atoms with E-state index in [0.717, 1.165) is 32.2 Å². The molecule has 1 aromatic heterocycles. The molecule has 20 heavy (non-hydrogen) atoms. The highest BCUT2D eigenvalue weighted by atomic mass is 19.1. The topological polar surface area (TPSA) is 64.9 Å². The zero-order chi connectivity index (χ0) is 13.9. The Morgan fingerprint density at radius 2 is 1.95 bits per heavy atom. The van der Waals surface area contributed by atoms with Crippen molar-refractivity contribution in [2.75, 3.05) is 6.54 Å². The summed E-state index contributed by atoms with van der Waals surface area (Å²) >= 11 is 0. The predicted octanol–water partition coefficient (Wildman–Crippen LogP) is 3.11. The van der Waals surface area contributed by atoms with Crippen molar-refractivity contribution < 1.29 is 8.91 Å². The minimum absolute atomic E-state index is 0.283. The van der Waals surface area contributed by atoms with Gasteiger partial charge in [-0.05, 0) is 50.3 Å². The summed E-state index contributed by atoms with van der Waals surface area (Å²) in [6, 6.07) is 6.47. The van der Waals surface area contributed by atoms with Crippen LogP contribution in [0.1, 0.15) is 37.5 Å². The molecule has 0 bridgehead atoms. The van der Waals surface area contributed by atoms with Gasteiger partial charge in [-0.15, -0.1) is 0 Å². The first-order valence-corrected chi connectivity index (χ1v) is 7.06. The van der Waals surface area contributed by atoms with Crippen LogP contribution in [0.2, 0.25) is 0 Å². The van der Waals surface area contributed by atoms with Crippen molar-refractivity contribution in [3.8, 4) is 11.4 Å². The van der Waals surface area contributed by atoms with E-state index in [-0.39, 0.29) is 11.7 Å². The second-order valence-corrected chi connectivity index (χ2v) is 5.39. The average molecular weight is 275 g/mol. The average Bonchev–Trinajstić information content (AvgIpc) is 2.97. The van der Waals surface area contributed by atoms with Gasteiger partial charge in [-0.3, -0.25) is 0 Å². The third kappa shape index (κ3) is 2.58. The zero-order valence-corrected chi connectivity index (χ0v) is 11.3. The maximum absolute atomic E-state index is 13.7. The van der Waals surface area contributed by atoms with E-state index in [2.05, 4.69) is 10.1 Å². The van der Waals surface area contributed by atoms with Gasteiger partial charge in [0.2, 0.25) is 11.7 Å². The van der Waals surface area contributed by atoms with Crippen molar-refractivity contribution in [1.82, 2.24) is 10.1 Å². The lowest BCUT2D eigenvalue weighted by Crippen LogP contribution is -2.20. The molecular weight excluding hydrogens is 257 g/mol. The highest BCUT2D eigenvalue weighted by Gasteiger charge is 2.26. The quantitative estimate of drug-likeness (QED) is 0.934. The van der Waals surface area contributed by atoms with E-state index >= 15 is 0 Å². The van der Waals surface area contributed by atoms with Gasteiger partial charge in [0.05, 0.1) is 5.56 Å². The molecule has 0 unspecified atom stereocenters. The first-order valence-electron chi connectivity index (χ1n) is 7.06. The lowest BCUT2D eigenvalue weighted by molar-refractivity contribution is 0.275. The SMILES string of the molecule is NCC1CCC(c2nc(-c3ccccc3F)no2)CC1. The Balaban J connectivity index is 1.76. The highest BCUT2D eigenvalue weighted by molar-refractivity contribution is 5.54. The zero-order valence-electron chi connectivity index (χ0n) is 11.3. The summed E-state index contributed by atoms with van der Waals surface area (Å²) in [5.41, 5.74) is 6.08. The Hall–Kier alpha value is -1.75. The molecule has 1 saturated carbocycles. The van der Waals surface area contributed by atoms with Gasteiger partial charge in [-0.1, -0.05) is 17.3 Å². The van der Waals surface area contributed by atoms with Crippen LogP contribution in [0, 0.1) is 11.7 Å². The normalized spacial score (nSPS) is 22.9. The monoisotopic (exact) mass is 275 g/mol. The number of benzene rings is 1. The van der Waals surface area contributed by atoms with Crippen LogP contribution in [-0.2, 0) is 0 Å². The summed E-state index contributed by atoms with van der Waals surface area (Å²) in [4.78, 5) is 4.37. The van der Waals surface area contributed by atoms with Crippen molar-refractivity contribution in [3.63, 3.8) is 0 Å². The van der Waals surface area contributed by atoms with Crippen molar-refractivity contribution in [1.29, 1.82) is 0 Å². The molecule has 1 fully saturated rings. The molecule has 0 aliphatic heterocycles. The Morgan fingerprint density at radius 3 is 2.65 bits per heavy atom. The molecule has 106 valence electrons. The molecule has 0 radical (unpaired) electrons. The van der Waals surface area contributed by atoms with E-state index < -0.39 is 0 Å². The van der Waals surface area contributed by atoms with Crippen LogP contribution in [0.4, 0.5) is 4.39 Å². The molecular formula is C15H18FN3O. The number of hydrogen-bond acceptors (Lipinski definition) is 4. The second kappa shape index (κ2) is 5.71. The van der Waals surface area contributed by atoms with Crippen LogP contribution in [0.25, 0.3) is 11.4 Å². The Labute approximate surface area is 117 Å². The number of hydrogen-bond donors (Lipinski definition) is 1. The molecule has 0 spiro atoms. The molecule has 3 rings (SSSR count). The Morgan fingerprint density at radius 1 is 1.20 bits per heavy atom. The van der Waals surface area contributed by atoms with Crippen LogP contribution >= 0.6 is 0 Å². The summed E-state index contributed by atoms with van der Waals surface area (Å²) in [6.45, 7) is 0.747. The number of halogens is 1. The molecule has 4 nitrogen and oxygen atoms in total. The number of nitrogens with zero attached hydrogens (tertiary/aromatic N) is 2. The van der Waals surface area contributed by atoms with Crippen molar-refractivity contribution in [2.24, 2.45) is 11.7 Å². The lowest BCUT2D eigenvalue weighted by atomic mass is 9.82. The maximum Gasteiger partial charge on any atom is 0.230 e. The van der Waals surface area contributed by atoms with Crippen molar-refractivity contribution >= 4 is 0 Å². The molecule has 1 aliphatic carbocycles. The molecule has 2 N–H and O–H groups in total.